The second-order valence-electron chi connectivity index (χ2n) is 8.12. The SMILES string of the molecule is CCc1ccc(C2/C(=C(\O)c3ccc(Cl)c(Cl)c3)C(=O)C(=O)N2c2cccc(NC(C)=O)c2)cc1. The molecule has 8 heteroatoms. The predicted molar refractivity (Wildman–Crippen MR) is 138 cm³/mol. The van der Waals surface area contributed by atoms with E-state index < -0.39 is 17.7 Å². The molecule has 1 fully saturated rings. The van der Waals surface area contributed by atoms with Gasteiger partial charge < -0.3 is 10.4 Å². The Labute approximate surface area is 212 Å². The maximum Gasteiger partial charge on any atom is 0.300 e. The molecule has 3 aromatic rings. The number of halogens is 2. The van der Waals surface area contributed by atoms with Gasteiger partial charge in [-0.25, -0.2) is 0 Å². The lowest BCUT2D eigenvalue weighted by atomic mass is 9.94. The van der Waals surface area contributed by atoms with E-state index in [1.807, 2.05) is 31.2 Å². The second-order valence-corrected chi connectivity index (χ2v) is 8.94. The van der Waals surface area contributed by atoms with Crippen molar-refractivity contribution in [1.82, 2.24) is 0 Å². The number of hydrogen-bond donors (Lipinski definition) is 2. The van der Waals surface area contributed by atoms with Crippen LogP contribution in [0.4, 0.5) is 11.4 Å². The van der Waals surface area contributed by atoms with Crippen molar-refractivity contribution in [2.45, 2.75) is 26.3 Å². The Bertz CT molecular complexity index is 1370. The maximum absolute atomic E-state index is 13.3. The van der Waals surface area contributed by atoms with Crippen LogP contribution < -0.4 is 10.2 Å². The molecule has 6 nitrogen and oxygen atoms in total. The van der Waals surface area contributed by atoms with Crippen LogP contribution in [0.2, 0.25) is 10.0 Å². The van der Waals surface area contributed by atoms with E-state index in [1.54, 1.807) is 24.3 Å². The largest absolute Gasteiger partial charge is 0.507 e. The van der Waals surface area contributed by atoms with Crippen LogP contribution in [0.3, 0.4) is 0 Å². The normalized spacial score (nSPS) is 17.0. The minimum Gasteiger partial charge on any atom is -0.507 e. The number of aryl methyl sites for hydroxylation is 1. The third kappa shape index (κ3) is 4.81. The third-order valence-electron chi connectivity index (χ3n) is 5.79. The smallest absolute Gasteiger partial charge is 0.300 e. The average Bonchev–Trinajstić information content (AvgIpc) is 3.10. The molecule has 1 unspecified atom stereocenters. The summed E-state index contributed by atoms with van der Waals surface area (Å²) in [4.78, 5) is 39.5. The zero-order valence-corrected chi connectivity index (χ0v) is 20.5. The van der Waals surface area contributed by atoms with E-state index in [4.69, 9.17) is 23.2 Å². The first kappa shape index (κ1) is 24.5. The van der Waals surface area contributed by atoms with Crippen molar-refractivity contribution in [2.75, 3.05) is 10.2 Å². The van der Waals surface area contributed by atoms with Gasteiger partial charge in [-0.15, -0.1) is 0 Å². The fourth-order valence-corrected chi connectivity index (χ4v) is 4.38. The number of carbonyl (C=O) groups excluding carboxylic acids is 3. The van der Waals surface area contributed by atoms with Crippen LogP contribution in [-0.2, 0) is 20.8 Å². The number of ketones is 1. The fraction of sp³-hybridized carbons (Fsp3) is 0.148. The summed E-state index contributed by atoms with van der Waals surface area (Å²) in [6.45, 7) is 3.41. The minimum atomic E-state index is -0.900. The van der Waals surface area contributed by atoms with E-state index in [0.29, 0.717) is 22.0 Å². The molecule has 0 aromatic heterocycles. The van der Waals surface area contributed by atoms with Crippen LogP contribution in [0.5, 0.6) is 0 Å². The lowest BCUT2D eigenvalue weighted by molar-refractivity contribution is -0.132. The van der Waals surface area contributed by atoms with Gasteiger partial charge in [0.15, 0.2) is 0 Å². The van der Waals surface area contributed by atoms with Crippen LogP contribution in [0.1, 0.15) is 36.6 Å². The third-order valence-corrected chi connectivity index (χ3v) is 6.52. The Morgan fingerprint density at radius 2 is 1.71 bits per heavy atom. The number of aliphatic hydroxyl groups excluding tert-OH is 1. The Kier molecular flexibility index (Phi) is 6.96. The van der Waals surface area contributed by atoms with Crippen molar-refractivity contribution in [1.29, 1.82) is 0 Å². The minimum absolute atomic E-state index is 0.0671. The molecule has 0 saturated carbocycles. The van der Waals surface area contributed by atoms with Crippen molar-refractivity contribution in [2.24, 2.45) is 0 Å². The number of benzene rings is 3. The highest BCUT2D eigenvalue weighted by atomic mass is 35.5. The molecule has 1 heterocycles. The van der Waals surface area contributed by atoms with E-state index in [-0.39, 0.29) is 27.8 Å². The van der Waals surface area contributed by atoms with Crippen LogP contribution in [0, 0.1) is 0 Å². The summed E-state index contributed by atoms with van der Waals surface area (Å²) in [7, 11) is 0. The van der Waals surface area contributed by atoms with Crippen LogP contribution in [-0.4, -0.2) is 22.7 Å². The molecule has 1 atom stereocenters. The zero-order valence-electron chi connectivity index (χ0n) is 19.0. The van der Waals surface area contributed by atoms with E-state index in [1.165, 1.54) is 30.0 Å². The first-order valence-electron chi connectivity index (χ1n) is 10.9. The lowest BCUT2D eigenvalue weighted by Gasteiger charge is -2.26. The maximum atomic E-state index is 13.3. The molecule has 0 radical (unpaired) electrons. The summed E-state index contributed by atoms with van der Waals surface area (Å²) in [6, 6.07) is 17.7. The quantitative estimate of drug-likeness (QED) is 0.246. The molecule has 3 aromatic carbocycles. The summed E-state index contributed by atoms with van der Waals surface area (Å²) < 4.78 is 0. The number of anilines is 2. The molecular formula is C27H22Cl2N2O4. The molecule has 0 spiro atoms. The number of carbonyl (C=O) groups is 3. The van der Waals surface area contributed by atoms with Gasteiger partial charge in [-0.2, -0.15) is 0 Å². The standard InChI is InChI=1S/C27H22Cl2N2O4/c1-3-16-7-9-17(10-8-16)24-23(25(33)18-11-12-21(28)22(29)13-18)26(34)27(35)31(24)20-6-4-5-19(14-20)30-15(2)32/h4-14,24,33H,3H2,1-2H3,(H,30,32)/b25-23+. The number of rotatable bonds is 5. The molecule has 2 amide bonds. The summed E-state index contributed by atoms with van der Waals surface area (Å²) in [5.41, 5.74) is 2.80. The van der Waals surface area contributed by atoms with Gasteiger partial charge >= 0.3 is 0 Å². The number of nitrogens with zero attached hydrogens (tertiary/aromatic N) is 1. The molecule has 2 N–H and O–H groups in total. The van der Waals surface area contributed by atoms with Gasteiger partial charge in [0.25, 0.3) is 11.7 Å². The monoisotopic (exact) mass is 508 g/mol. The molecular weight excluding hydrogens is 487 g/mol. The Hall–Kier alpha value is -3.61. The first-order chi connectivity index (χ1) is 16.7. The second kappa shape index (κ2) is 9.94. The fourth-order valence-electron chi connectivity index (χ4n) is 4.09. The average molecular weight is 509 g/mol. The van der Waals surface area contributed by atoms with Gasteiger partial charge in [-0.3, -0.25) is 19.3 Å². The van der Waals surface area contributed by atoms with E-state index >= 15 is 0 Å². The highest BCUT2D eigenvalue weighted by Gasteiger charge is 2.47. The van der Waals surface area contributed by atoms with Gasteiger partial charge in [0.05, 0.1) is 21.7 Å². The molecule has 4 rings (SSSR count). The van der Waals surface area contributed by atoms with Gasteiger partial charge in [-0.05, 0) is 53.9 Å². The van der Waals surface area contributed by atoms with Crippen molar-refractivity contribution in [3.8, 4) is 0 Å². The highest BCUT2D eigenvalue weighted by Crippen LogP contribution is 2.43. The van der Waals surface area contributed by atoms with Gasteiger partial charge in [0.1, 0.15) is 5.76 Å². The highest BCUT2D eigenvalue weighted by molar-refractivity contribution is 6.52. The Morgan fingerprint density at radius 1 is 1.00 bits per heavy atom. The topological polar surface area (TPSA) is 86.7 Å². The van der Waals surface area contributed by atoms with Gasteiger partial charge in [0, 0.05) is 23.9 Å². The summed E-state index contributed by atoms with van der Waals surface area (Å²) in [5, 5.41) is 14.4. The van der Waals surface area contributed by atoms with E-state index in [0.717, 1.165) is 12.0 Å². The van der Waals surface area contributed by atoms with Gasteiger partial charge in [0.2, 0.25) is 5.91 Å². The Balaban J connectivity index is 1.92. The van der Waals surface area contributed by atoms with Crippen molar-refractivity contribution in [3.63, 3.8) is 0 Å². The molecule has 1 saturated heterocycles. The number of amides is 2. The summed E-state index contributed by atoms with van der Waals surface area (Å²) in [5.74, 6) is -2.25. The number of hydrogen-bond acceptors (Lipinski definition) is 4. The molecule has 35 heavy (non-hydrogen) atoms. The number of aliphatic hydroxyl groups is 1. The predicted octanol–water partition coefficient (Wildman–Crippen LogP) is 6.14. The van der Waals surface area contributed by atoms with Crippen molar-refractivity contribution < 1.29 is 19.5 Å². The van der Waals surface area contributed by atoms with Crippen molar-refractivity contribution >= 4 is 57.9 Å². The number of nitrogens with one attached hydrogen (secondary N) is 1. The molecule has 1 aliphatic rings. The van der Waals surface area contributed by atoms with E-state index in [9.17, 15) is 19.5 Å². The lowest BCUT2D eigenvalue weighted by Crippen LogP contribution is -2.29. The first-order valence-corrected chi connectivity index (χ1v) is 11.7. The number of Topliss-reactive ketones (excluding diaryl/α,β-unsaturated/α-hetero) is 1. The summed E-state index contributed by atoms with van der Waals surface area (Å²) >= 11 is 12.2. The van der Waals surface area contributed by atoms with Gasteiger partial charge in [-0.1, -0.05) is 60.5 Å². The van der Waals surface area contributed by atoms with Crippen LogP contribution in [0.15, 0.2) is 72.3 Å². The Morgan fingerprint density at radius 3 is 2.34 bits per heavy atom. The van der Waals surface area contributed by atoms with E-state index in [2.05, 4.69) is 5.32 Å². The molecule has 1 aliphatic heterocycles. The molecule has 0 bridgehead atoms. The van der Waals surface area contributed by atoms with Crippen molar-refractivity contribution in [3.05, 3.63) is 99.0 Å². The molecule has 0 aliphatic carbocycles. The van der Waals surface area contributed by atoms with Crippen LogP contribution >= 0.6 is 23.2 Å². The molecule has 178 valence electrons. The van der Waals surface area contributed by atoms with Crippen LogP contribution in [0.25, 0.3) is 5.76 Å². The summed E-state index contributed by atoms with van der Waals surface area (Å²) in [6.07, 6.45) is 0.822. The zero-order chi connectivity index (χ0) is 25.3.